The highest BCUT2D eigenvalue weighted by molar-refractivity contribution is 7.89. The first kappa shape index (κ1) is 18.3. The highest BCUT2D eigenvalue weighted by Crippen LogP contribution is 2.12. The van der Waals surface area contributed by atoms with Gasteiger partial charge in [-0.2, -0.15) is 0 Å². The Bertz CT molecular complexity index is 740. The topological polar surface area (TPSA) is 109 Å². The van der Waals surface area contributed by atoms with Crippen molar-refractivity contribution in [1.82, 2.24) is 10.0 Å². The predicted octanol–water partition coefficient (Wildman–Crippen LogP) is 0.470. The summed E-state index contributed by atoms with van der Waals surface area (Å²) < 4.78 is 26.5. The molecule has 2 rings (SSSR count). The van der Waals surface area contributed by atoms with Crippen molar-refractivity contribution < 1.29 is 22.8 Å². The van der Waals surface area contributed by atoms with Crippen molar-refractivity contribution in [1.29, 1.82) is 0 Å². The second-order valence-electron chi connectivity index (χ2n) is 5.80. The molecule has 1 aliphatic carbocycles. The second-order valence-corrected chi connectivity index (χ2v) is 7.57. The van der Waals surface area contributed by atoms with E-state index in [1.165, 1.54) is 12.1 Å². The first-order valence-electron chi connectivity index (χ1n) is 7.68. The molecular weight excluding hydrogens is 332 g/mol. The quantitative estimate of drug-likeness (QED) is 0.723. The van der Waals surface area contributed by atoms with E-state index in [1.807, 2.05) is 6.92 Å². The standard InChI is InChI=1S/C16H20N2O5S/c1-11-2-5-13(6-3-11)24(22,23)17-9-8-16(21)18-14-7-4-12(19)10-15(14)20/h2-3,5-6,14,17H,4,7-10H2,1H3,(H,18,21). The van der Waals surface area contributed by atoms with E-state index in [4.69, 9.17) is 0 Å². The van der Waals surface area contributed by atoms with Gasteiger partial charge in [0.05, 0.1) is 17.4 Å². The van der Waals surface area contributed by atoms with E-state index in [0.717, 1.165) is 5.56 Å². The third-order valence-corrected chi connectivity index (χ3v) is 5.26. The number of aryl methyl sites for hydroxylation is 1. The number of rotatable bonds is 6. The molecule has 1 amide bonds. The van der Waals surface area contributed by atoms with Crippen molar-refractivity contribution in [3.05, 3.63) is 29.8 Å². The number of hydrogen-bond donors (Lipinski definition) is 2. The summed E-state index contributed by atoms with van der Waals surface area (Å²) in [5.74, 6) is -0.828. The maximum absolute atomic E-state index is 12.1. The number of sulfonamides is 1. The van der Waals surface area contributed by atoms with Gasteiger partial charge in [0.25, 0.3) is 0 Å². The van der Waals surface area contributed by atoms with E-state index in [0.29, 0.717) is 6.42 Å². The van der Waals surface area contributed by atoms with Crippen molar-refractivity contribution in [3.8, 4) is 0 Å². The summed E-state index contributed by atoms with van der Waals surface area (Å²) in [5.41, 5.74) is 0.948. The normalized spacial score (nSPS) is 18.5. The highest BCUT2D eigenvalue weighted by atomic mass is 32.2. The van der Waals surface area contributed by atoms with Crippen molar-refractivity contribution in [3.63, 3.8) is 0 Å². The van der Waals surface area contributed by atoms with Gasteiger partial charge in [-0.15, -0.1) is 0 Å². The molecule has 1 unspecified atom stereocenters. The number of amides is 1. The van der Waals surface area contributed by atoms with Crippen LogP contribution in [0.25, 0.3) is 0 Å². The van der Waals surface area contributed by atoms with E-state index < -0.39 is 22.0 Å². The van der Waals surface area contributed by atoms with Gasteiger partial charge < -0.3 is 5.32 Å². The van der Waals surface area contributed by atoms with Crippen LogP contribution in [0, 0.1) is 6.92 Å². The summed E-state index contributed by atoms with van der Waals surface area (Å²) in [6, 6.07) is 5.73. The molecule has 24 heavy (non-hydrogen) atoms. The lowest BCUT2D eigenvalue weighted by Gasteiger charge is -2.21. The van der Waals surface area contributed by atoms with Crippen LogP contribution in [-0.2, 0) is 24.4 Å². The number of benzene rings is 1. The van der Waals surface area contributed by atoms with Crippen LogP contribution in [0.15, 0.2) is 29.2 Å². The zero-order valence-electron chi connectivity index (χ0n) is 13.4. The van der Waals surface area contributed by atoms with Gasteiger partial charge in [-0.1, -0.05) is 17.7 Å². The molecule has 1 aromatic carbocycles. The Hall–Kier alpha value is -2.06. The maximum atomic E-state index is 12.1. The SMILES string of the molecule is Cc1ccc(S(=O)(=O)NCCC(=O)NC2CCC(=O)CC2=O)cc1. The van der Waals surface area contributed by atoms with Crippen molar-refractivity contribution >= 4 is 27.5 Å². The third kappa shape index (κ3) is 4.97. The number of hydrogen-bond acceptors (Lipinski definition) is 5. The molecule has 7 nitrogen and oxygen atoms in total. The summed E-state index contributed by atoms with van der Waals surface area (Å²) in [6.07, 6.45) is 0.350. The zero-order valence-corrected chi connectivity index (χ0v) is 14.2. The largest absolute Gasteiger partial charge is 0.346 e. The molecule has 1 aliphatic rings. The zero-order chi connectivity index (χ0) is 17.7. The molecule has 0 aromatic heterocycles. The lowest BCUT2D eigenvalue weighted by Crippen LogP contribution is -2.45. The maximum Gasteiger partial charge on any atom is 0.240 e. The van der Waals surface area contributed by atoms with Gasteiger partial charge in [0.2, 0.25) is 15.9 Å². The molecule has 0 heterocycles. The number of carbonyl (C=O) groups is 3. The molecule has 2 N–H and O–H groups in total. The van der Waals surface area contributed by atoms with Gasteiger partial charge in [-0.3, -0.25) is 14.4 Å². The van der Waals surface area contributed by atoms with Crippen LogP contribution >= 0.6 is 0 Å². The average Bonchev–Trinajstić information content (AvgIpc) is 2.50. The van der Waals surface area contributed by atoms with Gasteiger partial charge in [-0.25, -0.2) is 13.1 Å². The first-order chi connectivity index (χ1) is 11.3. The summed E-state index contributed by atoms with van der Waals surface area (Å²) in [5, 5.41) is 2.55. The van der Waals surface area contributed by atoms with E-state index in [1.54, 1.807) is 12.1 Å². The summed E-state index contributed by atoms with van der Waals surface area (Å²) in [7, 11) is -3.67. The van der Waals surface area contributed by atoms with Gasteiger partial charge in [0.15, 0.2) is 5.78 Å². The Balaban J connectivity index is 1.81. The monoisotopic (exact) mass is 352 g/mol. The summed E-state index contributed by atoms with van der Waals surface area (Å²) >= 11 is 0. The molecule has 130 valence electrons. The van der Waals surface area contributed by atoms with Crippen LogP contribution in [0.2, 0.25) is 0 Å². The Kier molecular flexibility index (Phi) is 5.84. The van der Waals surface area contributed by atoms with Gasteiger partial charge >= 0.3 is 0 Å². The predicted molar refractivity (Wildman–Crippen MR) is 86.8 cm³/mol. The molecular formula is C16H20N2O5S. The molecule has 1 saturated carbocycles. The first-order valence-corrected chi connectivity index (χ1v) is 9.16. The lowest BCUT2D eigenvalue weighted by atomic mass is 9.93. The van der Waals surface area contributed by atoms with Crippen LogP contribution in [-0.4, -0.2) is 38.5 Å². The molecule has 1 aromatic rings. The molecule has 0 aliphatic heterocycles. The minimum atomic E-state index is -3.67. The highest BCUT2D eigenvalue weighted by Gasteiger charge is 2.28. The molecule has 1 fully saturated rings. The van der Waals surface area contributed by atoms with E-state index in [9.17, 15) is 22.8 Å². The van der Waals surface area contributed by atoms with Crippen LogP contribution in [0.5, 0.6) is 0 Å². The third-order valence-electron chi connectivity index (χ3n) is 3.78. The second kappa shape index (κ2) is 7.67. The van der Waals surface area contributed by atoms with Crippen LogP contribution in [0.3, 0.4) is 0 Å². The van der Waals surface area contributed by atoms with Crippen LogP contribution < -0.4 is 10.0 Å². The fourth-order valence-electron chi connectivity index (χ4n) is 2.39. The fourth-order valence-corrected chi connectivity index (χ4v) is 3.42. The number of Topliss-reactive ketones (excluding diaryl/α,β-unsaturated/α-hetero) is 2. The van der Waals surface area contributed by atoms with Crippen LogP contribution in [0.1, 0.15) is 31.2 Å². The van der Waals surface area contributed by atoms with Crippen molar-refractivity contribution in [2.45, 2.75) is 43.5 Å². The molecule has 0 spiro atoms. The molecule has 8 heteroatoms. The number of carbonyl (C=O) groups excluding carboxylic acids is 3. The summed E-state index contributed by atoms with van der Waals surface area (Å²) in [6.45, 7) is 1.79. The summed E-state index contributed by atoms with van der Waals surface area (Å²) in [4.78, 5) is 34.7. The van der Waals surface area contributed by atoms with Gasteiger partial charge in [0.1, 0.15) is 5.78 Å². The van der Waals surface area contributed by atoms with Gasteiger partial charge in [-0.05, 0) is 25.5 Å². The van der Waals surface area contributed by atoms with Crippen LogP contribution in [0.4, 0.5) is 0 Å². The van der Waals surface area contributed by atoms with E-state index in [2.05, 4.69) is 10.0 Å². The van der Waals surface area contributed by atoms with Gasteiger partial charge in [0, 0.05) is 19.4 Å². The average molecular weight is 352 g/mol. The Morgan fingerprint density at radius 3 is 2.50 bits per heavy atom. The van der Waals surface area contributed by atoms with Crippen molar-refractivity contribution in [2.24, 2.45) is 0 Å². The van der Waals surface area contributed by atoms with Crippen molar-refractivity contribution in [2.75, 3.05) is 6.54 Å². The number of nitrogens with one attached hydrogen (secondary N) is 2. The lowest BCUT2D eigenvalue weighted by molar-refractivity contribution is -0.134. The smallest absolute Gasteiger partial charge is 0.240 e. The fraction of sp³-hybridized carbons (Fsp3) is 0.438. The molecule has 0 bridgehead atoms. The molecule has 0 radical (unpaired) electrons. The van der Waals surface area contributed by atoms with E-state index in [-0.39, 0.29) is 42.3 Å². The Morgan fingerprint density at radius 2 is 1.88 bits per heavy atom. The molecule has 0 saturated heterocycles. The minimum absolute atomic E-state index is 0.0676. The minimum Gasteiger partial charge on any atom is -0.346 e. The number of ketones is 2. The molecule has 1 atom stereocenters. The Morgan fingerprint density at radius 1 is 1.21 bits per heavy atom. The Labute approximate surface area is 140 Å². The van der Waals surface area contributed by atoms with E-state index >= 15 is 0 Å².